The predicted molar refractivity (Wildman–Crippen MR) is 35.9 cm³/mol. The third-order valence-electron chi connectivity index (χ3n) is 1.78. The van der Waals surface area contributed by atoms with Crippen LogP contribution in [0.15, 0.2) is 0 Å². The van der Waals surface area contributed by atoms with Crippen LogP contribution in [-0.2, 0) is 0 Å². The molecule has 1 nitrogen and oxygen atoms in total. The molecule has 8 heavy (non-hydrogen) atoms. The second kappa shape index (κ2) is 2.70. The van der Waals surface area contributed by atoms with E-state index in [0.29, 0.717) is 6.04 Å². The van der Waals surface area contributed by atoms with Crippen molar-refractivity contribution in [2.45, 2.75) is 32.2 Å². The zero-order chi connectivity index (χ0) is 5.98. The van der Waals surface area contributed by atoms with Gasteiger partial charge in [-0.05, 0) is 31.0 Å². The normalized spacial score (nSPS) is 31.5. The Balaban J connectivity index is 2.30. The van der Waals surface area contributed by atoms with Gasteiger partial charge in [0, 0.05) is 12.6 Å². The lowest BCUT2D eigenvalue weighted by molar-refractivity contribution is 0.411. The van der Waals surface area contributed by atoms with E-state index in [2.05, 4.69) is 6.92 Å². The van der Waals surface area contributed by atoms with E-state index in [0.717, 1.165) is 6.54 Å². The Labute approximate surface area is 55.7 Å². The van der Waals surface area contributed by atoms with Crippen LogP contribution in [0.5, 0.6) is 0 Å². The van der Waals surface area contributed by atoms with Gasteiger partial charge in [0.2, 0.25) is 0 Å². The van der Waals surface area contributed by atoms with Crippen molar-refractivity contribution in [3.8, 4) is 0 Å². The average molecular weight is 134 g/mol. The highest BCUT2D eigenvalue weighted by Crippen LogP contribution is 2.20. The molecule has 1 fully saturated rings. The second-order valence-corrected chi connectivity index (χ2v) is 2.76. The molecule has 1 aliphatic heterocycles. The van der Waals surface area contributed by atoms with E-state index in [1.165, 1.54) is 19.3 Å². The van der Waals surface area contributed by atoms with Gasteiger partial charge in [0.1, 0.15) is 0 Å². The molecule has 48 valence electrons. The van der Waals surface area contributed by atoms with Crippen molar-refractivity contribution in [3.63, 3.8) is 0 Å². The van der Waals surface area contributed by atoms with Gasteiger partial charge in [-0.1, -0.05) is 6.92 Å². The second-order valence-electron chi connectivity index (χ2n) is 2.33. The molecule has 0 N–H and O–H groups in total. The molecule has 0 radical (unpaired) electrons. The third kappa shape index (κ3) is 1.15. The van der Waals surface area contributed by atoms with E-state index in [1.807, 2.05) is 4.42 Å². The first-order valence-corrected chi connectivity index (χ1v) is 3.61. The number of hydrogen-bond donors (Lipinski definition) is 0. The quantitative estimate of drug-likeness (QED) is 0.495. The fourth-order valence-electron chi connectivity index (χ4n) is 1.20. The minimum Gasteiger partial charge on any atom is -0.217 e. The molecular formula is C6H12ClN. The molecule has 1 aliphatic rings. The van der Waals surface area contributed by atoms with Crippen molar-refractivity contribution in [2.75, 3.05) is 6.54 Å². The minimum absolute atomic E-state index is 0.664. The van der Waals surface area contributed by atoms with Gasteiger partial charge in [-0.15, -0.1) is 0 Å². The van der Waals surface area contributed by atoms with Crippen LogP contribution in [0, 0.1) is 0 Å². The van der Waals surface area contributed by atoms with Crippen molar-refractivity contribution in [1.82, 2.24) is 4.42 Å². The Morgan fingerprint density at radius 2 is 2.50 bits per heavy atom. The lowest BCUT2D eigenvalue weighted by atomic mass is 10.2. The van der Waals surface area contributed by atoms with Gasteiger partial charge in [0.05, 0.1) is 0 Å². The summed E-state index contributed by atoms with van der Waals surface area (Å²) in [5.41, 5.74) is 0. The Morgan fingerprint density at radius 3 is 2.75 bits per heavy atom. The molecule has 1 heterocycles. The molecule has 0 bridgehead atoms. The molecule has 0 spiro atoms. The van der Waals surface area contributed by atoms with Crippen molar-refractivity contribution >= 4 is 11.8 Å². The first-order valence-electron chi connectivity index (χ1n) is 3.27. The Hall–Kier alpha value is 0.250. The van der Waals surface area contributed by atoms with Crippen LogP contribution in [-0.4, -0.2) is 17.0 Å². The van der Waals surface area contributed by atoms with Crippen molar-refractivity contribution in [3.05, 3.63) is 0 Å². The number of halogens is 1. The molecule has 1 atom stereocenters. The molecule has 0 unspecified atom stereocenters. The summed E-state index contributed by atoms with van der Waals surface area (Å²) < 4.78 is 1.93. The van der Waals surface area contributed by atoms with E-state index in [4.69, 9.17) is 11.8 Å². The molecule has 0 saturated carbocycles. The standard InChI is InChI=1S/C6H12ClN/c1-2-6-4-3-5-8(6)7/h6H,2-5H2,1H3/t6-/m0/s1. The van der Waals surface area contributed by atoms with E-state index in [1.54, 1.807) is 0 Å². The van der Waals surface area contributed by atoms with Crippen molar-refractivity contribution in [1.29, 1.82) is 0 Å². The summed E-state index contributed by atoms with van der Waals surface area (Å²) in [5, 5.41) is 0. The SMILES string of the molecule is CC[C@H]1CCCN1Cl. The highest BCUT2D eigenvalue weighted by molar-refractivity contribution is 6.13. The minimum atomic E-state index is 0.664. The summed E-state index contributed by atoms with van der Waals surface area (Å²) in [6, 6.07) is 0.664. The smallest absolute Gasteiger partial charge is 0.0249 e. The van der Waals surface area contributed by atoms with E-state index < -0.39 is 0 Å². The largest absolute Gasteiger partial charge is 0.217 e. The van der Waals surface area contributed by atoms with Gasteiger partial charge in [-0.25, -0.2) is 4.42 Å². The van der Waals surface area contributed by atoms with E-state index in [9.17, 15) is 0 Å². The van der Waals surface area contributed by atoms with Gasteiger partial charge in [0.15, 0.2) is 0 Å². The van der Waals surface area contributed by atoms with Crippen LogP contribution in [0.4, 0.5) is 0 Å². The van der Waals surface area contributed by atoms with Crippen LogP contribution in [0.1, 0.15) is 26.2 Å². The van der Waals surface area contributed by atoms with E-state index in [-0.39, 0.29) is 0 Å². The van der Waals surface area contributed by atoms with E-state index >= 15 is 0 Å². The van der Waals surface area contributed by atoms with Gasteiger partial charge in [-0.2, -0.15) is 0 Å². The summed E-state index contributed by atoms with van der Waals surface area (Å²) in [5.74, 6) is 0. The van der Waals surface area contributed by atoms with Gasteiger partial charge in [0.25, 0.3) is 0 Å². The van der Waals surface area contributed by atoms with Gasteiger partial charge >= 0.3 is 0 Å². The fourth-order valence-corrected chi connectivity index (χ4v) is 1.56. The Morgan fingerprint density at radius 1 is 1.75 bits per heavy atom. The summed E-state index contributed by atoms with van der Waals surface area (Å²) in [7, 11) is 0. The predicted octanol–water partition coefficient (Wildman–Crippen LogP) is 2.01. The maximum atomic E-state index is 5.81. The maximum Gasteiger partial charge on any atom is 0.0249 e. The fraction of sp³-hybridized carbons (Fsp3) is 1.00. The molecule has 0 aromatic rings. The van der Waals surface area contributed by atoms with Crippen LogP contribution in [0.2, 0.25) is 0 Å². The lowest BCUT2D eigenvalue weighted by Gasteiger charge is -2.12. The Kier molecular flexibility index (Phi) is 2.15. The average Bonchev–Trinajstić information content (AvgIpc) is 2.14. The van der Waals surface area contributed by atoms with Crippen molar-refractivity contribution in [2.24, 2.45) is 0 Å². The monoisotopic (exact) mass is 133 g/mol. The highest BCUT2D eigenvalue weighted by Gasteiger charge is 2.19. The molecule has 0 amide bonds. The van der Waals surface area contributed by atoms with Crippen LogP contribution >= 0.6 is 11.8 Å². The lowest BCUT2D eigenvalue weighted by Crippen LogP contribution is -2.17. The third-order valence-corrected chi connectivity index (χ3v) is 2.22. The zero-order valence-corrected chi connectivity index (χ0v) is 5.99. The molecule has 1 rings (SSSR count). The Bertz CT molecular complexity index is 74.9. The summed E-state index contributed by atoms with van der Waals surface area (Å²) >= 11 is 5.81. The summed E-state index contributed by atoms with van der Waals surface area (Å²) in [4.78, 5) is 0. The number of hydrogen-bond acceptors (Lipinski definition) is 1. The molecular weight excluding hydrogens is 122 g/mol. The van der Waals surface area contributed by atoms with Crippen LogP contribution in [0.3, 0.4) is 0 Å². The van der Waals surface area contributed by atoms with Crippen LogP contribution in [0.25, 0.3) is 0 Å². The first kappa shape index (κ1) is 6.37. The van der Waals surface area contributed by atoms with Gasteiger partial charge in [-0.3, -0.25) is 0 Å². The zero-order valence-electron chi connectivity index (χ0n) is 5.23. The first-order chi connectivity index (χ1) is 3.84. The number of nitrogens with zero attached hydrogens (tertiary/aromatic N) is 1. The molecule has 2 heteroatoms. The molecule has 0 aliphatic carbocycles. The van der Waals surface area contributed by atoms with Crippen LogP contribution < -0.4 is 0 Å². The molecule has 0 aromatic heterocycles. The summed E-state index contributed by atoms with van der Waals surface area (Å²) in [6.07, 6.45) is 3.77. The van der Waals surface area contributed by atoms with Gasteiger partial charge < -0.3 is 0 Å². The topological polar surface area (TPSA) is 3.24 Å². The van der Waals surface area contributed by atoms with Crippen molar-refractivity contribution < 1.29 is 0 Å². The molecule has 1 saturated heterocycles. The number of rotatable bonds is 1. The highest BCUT2D eigenvalue weighted by atomic mass is 35.5. The summed E-state index contributed by atoms with van der Waals surface area (Å²) in [6.45, 7) is 3.27. The molecule has 0 aromatic carbocycles. The maximum absolute atomic E-state index is 5.81.